The summed E-state index contributed by atoms with van der Waals surface area (Å²) in [5.41, 5.74) is -0.373. The van der Waals surface area contributed by atoms with Gasteiger partial charge in [-0.2, -0.15) is 0 Å². The van der Waals surface area contributed by atoms with Gasteiger partial charge in [-0.15, -0.1) is 0 Å². The molecule has 2 aliphatic heterocycles. The van der Waals surface area contributed by atoms with Crippen LogP contribution in [0.15, 0.2) is 0 Å². The summed E-state index contributed by atoms with van der Waals surface area (Å²) in [5, 5.41) is 3.24. The highest BCUT2D eigenvalue weighted by atomic mass is 16.2. The molecule has 2 heterocycles. The Bertz CT molecular complexity index is 448. The number of hydrogen-bond acceptors (Lipinski definition) is 3. The molecule has 2 saturated heterocycles. The largest absolute Gasteiger partial charge is 0.353 e. The lowest BCUT2D eigenvalue weighted by Gasteiger charge is -2.38. The van der Waals surface area contributed by atoms with E-state index in [1.54, 1.807) is 0 Å². The first-order valence-electron chi connectivity index (χ1n) is 9.52. The third-order valence-electron chi connectivity index (χ3n) is 5.33. The first kappa shape index (κ1) is 19.2. The number of amides is 2. The van der Waals surface area contributed by atoms with Crippen molar-refractivity contribution in [1.29, 1.82) is 0 Å². The molecule has 1 N–H and O–H groups in total. The summed E-state index contributed by atoms with van der Waals surface area (Å²) in [4.78, 5) is 29.5. The predicted molar refractivity (Wildman–Crippen MR) is 96.6 cm³/mol. The maximum absolute atomic E-state index is 12.6. The summed E-state index contributed by atoms with van der Waals surface area (Å²) in [6.07, 6.45) is 3.87. The molecule has 0 aromatic rings. The van der Waals surface area contributed by atoms with Crippen LogP contribution in [0.25, 0.3) is 0 Å². The van der Waals surface area contributed by atoms with Gasteiger partial charge in [-0.1, -0.05) is 20.8 Å². The van der Waals surface area contributed by atoms with E-state index < -0.39 is 0 Å². The van der Waals surface area contributed by atoms with Crippen LogP contribution >= 0.6 is 0 Å². The van der Waals surface area contributed by atoms with E-state index in [1.165, 1.54) is 0 Å². The molecule has 5 nitrogen and oxygen atoms in total. The van der Waals surface area contributed by atoms with Crippen molar-refractivity contribution in [3.8, 4) is 0 Å². The molecule has 0 saturated carbocycles. The number of nitrogens with one attached hydrogen (secondary N) is 1. The molecule has 0 spiro atoms. The summed E-state index contributed by atoms with van der Waals surface area (Å²) in [6, 6.07) is 0.873. The normalized spacial score (nSPS) is 24.2. The zero-order chi connectivity index (χ0) is 17.9. The van der Waals surface area contributed by atoms with Crippen LogP contribution in [0.5, 0.6) is 0 Å². The van der Waals surface area contributed by atoms with Crippen LogP contribution in [0.3, 0.4) is 0 Å². The molecule has 2 aliphatic rings. The molecule has 2 amide bonds. The van der Waals surface area contributed by atoms with Crippen molar-refractivity contribution in [1.82, 2.24) is 15.1 Å². The minimum atomic E-state index is -0.373. The van der Waals surface area contributed by atoms with Gasteiger partial charge < -0.3 is 15.1 Å². The lowest BCUT2D eigenvalue weighted by molar-refractivity contribution is -0.143. The van der Waals surface area contributed by atoms with E-state index >= 15 is 0 Å². The Kier molecular flexibility index (Phi) is 6.29. The van der Waals surface area contributed by atoms with Gasteiger partial charge in [-0.3, -0.25) is 9.59 Å². The molecule has 0 aliphatic carbocycles. The fourth-order valence-electron chi connectivity index (χ4n) is 3.73. The SMILES string of the molecule is CC(C)N1CCC(NC(=O)C2CCCN(C(=O)C(C)(C)C)C2)CC1. The van der Waals surface area contributed by atoms with Crippen LogP contribution < -0.4 is 5.32 Å². The molecule has 2 fully saturated rings. The summed E-state index contributed by atoms with van der Waals surface area (Å²) < 4.78 is 0. The topological polar surface area (TPSA) is 52.7 Å². The first-order chi connectivity index (χ1) is 11.2. The van der Waals surface area contributed by atoms with Crippen LogP contribution in [0.4, 0.5) is 0 Å². The Hall–Kier alpha value is -1.10. The van der Waals surface area contributed by atoms with Gasteiger partial charge in [0.1, 0.15) is 0 Å². The second kappa shape index (κ2) is 7.85. The van der Waals surface area contributed by atoms with Crippen LogP contribution in [0, 0.1) is 11.3 Å². The Balaban J connectivity index is 1.83. The van der Waals surface area contributed by atoms with Crippen molar-refractivity contribution in [2.45, 2.75) is 72.4 Å². The summed E-state index contributed by atoms with van der Waals surface area (Å²) in [6.45, 7) is 13.8. The Morgan fingerprint density at radius 1 is 1.04 bits per heavy atom. The predicted octanol–water partition coefficient (Wildman–Crippen LogP) is 2.26. The zero-order valence-corrected chi connectivity index (χ0v) is 16.1. The van der Waals surface area contributed by atoms with E-state index in [0.717, 1.165) is 45.3 Å². The fourth-order valence-corrected chi connectivity index (χ4v) is 3.73. The summed E-state index contributed by atoms with van der Waals surface area (Å²) >= 11 is 0. The lowest BCUT2D eigenvalue weighted by atomic mass is 9.90. The van der Waals surface area contributed by atoms with E-state index in [1.807, 2.05) is 25.7 Å². The molecule has 0 aromatic carbocycles. The number of carbonyl (C=O) groups excluding carboxylic acids is 2. The van der Waals surface area contributed by atoms with Crippen molar-refractivity contribution in [3.63, 3.8) is 0 Å². The smallest absolute Gasteiger partial charge is 0.227 e. The van der Waals surface area contributed by atoms with Crippen LogP contribution in [-0.2, 0) is 9.59 Å². The lowest BCUT2D eigenvalue weighted by Crippen LogP contribution is -2.52. The second-order valence-electron chi connectivity index (χ2n) is 8.75. The summed E-state index contributed by atoms with van der Waals surface area (Å²) in [7, 11) is 0. The number of carbonyl (C=O) groups is 2. The highest BCUT2D eigenvalue weighted by molar-refractivity contribution is 5.84. The molecule has 0 radical (unpaired) electrons. The number of rotatable bonds is 3. The van der Waals surface area contributed by atoms with Gasteiger partial charge in [-0.25, -0.2) is 0 Å². The Morgan fingerprint density at radius 3 is 2.21 bits per heavy atom. The monoisotopic (exact) mass is 337 g/mol. The third kappa shape index (κ3) is 4.95. The van der Waals surface area contributed by atoms with Gasteiger partial charge in [0, 0.05) is 43.7 Å². The van der Waals surface area contributed by atoms with Gasteiger partial charge in [0.2, 0.25) is 11.8 Å². The highest BCUT2D eigenvalue weighted by Crippen LogP contribution is 2.24. The Morgan fingerprint density at radius 2 is 1.67 bits per heavy atom. The maximum atomic E-state index is 12.6. The Labute approximate surface area is 147 Å². The minimum Gasteiger partial charge on any atom is -0.353 e. The zero-order valence-electron chi connectivity index (χ0n) is 16.1. The van der Waals surface area contributed by atoms with Gasteiger partial charge in [-0.05, 0) is 39.5 Å². The van der Waals surface area contributed by atoms with Crippen LogP contribution in [-0.4, -0.2) is 59.9 Å². The molecule has 5 heteroatoms. The third-order valence-corrected chi connectivity index (χ3v) is 5.33. The second-order valence-corrected chi connectivity index (χ2v) is 8.75. The molecule has 0 aromatic heterocycles. The average molecular weight is 338 g/mol. The van der Waals surface area contributed by atoms with Gasteiger partial charge in [0.25, 0.3) is 0 Å². The molecule has 1 unspecified atom stereocenters. The van der Waals surface area contributed by atoms with Crippen LogP contribution in [0.2, 0.25) is 0 Å². The van der Waals surface area contributed by atoms with E-state index in [4.69, 9.17) is 0 Å². The van der Waals surface area contributed by atoms with Crippen molar-refractivity contribution >= 4 is 11.8 Å². The average Bonchev–Trinajstić information content (AvgIpc) is 2.54. The molecule has 0 bridgehead atoms. The molecular weight excluding hydrogens is 302 g/mol. The van der Waals surface area contributed by atoms with Crippen LogP contribution in [0.1, 0.15) is 60.3 Å². The number of nitrogens with zero attached hydrogens (tertiary/aromatic N) is 2. The van der Waals surface area contributed by atoms with Crippen molar-refractivity contribution in [2.24, 2.45) is 11.3 Å². The molecule has 1 atom stereocenters. The van der Waals surface area contributed by atoms with Crippen molar-refractivity contribution in [2.75, 3.05) is 26.2 Å². The van der Waals surface area contributed by atoms with E-state index in [-0.39, 0.29) is 23.1 Å². The molecule has 24 heavy (non-hydrogen) atoms. The van der Waals surface area contributed by atoms with Gasteiger partial charge >= 0.3 is 0 Å². The first-order valence-corrected chi connectivity index (χ1v) is 9.52. The van der Waals surface area contributed by atoms with Crippen molar-refractivity contribution < 1.29 is 9.59 Å². The fraction of sp³-hybridized carbons (Fsp3) is 0.895. The molecular formula is C19H35N3O2. The number of hydrogen-bond donors (Lipinski definition) is 1. The molecule has 2 rings (SSSR count). The van der Waals surface area contributed by atoms with Gasteiger partial charge in [0.15, 0.2) is 0 Å². The van der Waals surface area contributed by atoms with E-state index in [9.17, 15) is 9.59 Å². The van der Waals surface area contributed by atoms with Crippen molar-refractivity contribution in [3.05, 3.63) is 0 Å². The quantitative estimate of drug-likeness (QED) is 0.859. The molecule has 138 valence electrons. The maximum Gasteiger partial charge on any atom is 0.227 e. The number of likely N-dealkylation sites (tertiary alicyclic amines) is 2. The standard InChI is InChI=1S/C19H35N3O2/c1-14(2)21-11-8-16(9-12-21)20-17(23)15-7-6-10-22(13-15)18(24)19(3,4)5/h14-16H,6-13H2,1-5H3,(H,20,23). The highest BCUT2D eigenvalue weighted by Gasteiger charge is 2.34. The minimum absolute atomic E-state index is 0.0480. The van der Waals surface area contributed by atoms with E-state index in [2.05, 4.69) is 24.1 Å². The number of piperidine rings is 2. The van der Waals surface area contributed by atoms with E-state index in [0.29, 0.717) is 18.6 Å². The summed E-state index contributed by atoms with van der Waals surface area (Å²) in [5.74, 6) is 0.253. The van der Waals surface area contributed by atoms with Gasteiger partial charge in [0.05, 0.1) is 5.92 Å².